The van der Waals surface area contributed by atoms with Crippen LogP contribution < -0.4 is 10.1 Å². The zero-order valence-electron chi connectivity index (χ0n) is 18.6. The summed E-state index contributed by atoms with van der Waals surface area (Å²) in [6.45, 7) is 3.97. The third-order valence-corrected chi connectivity index (χ3v) is 5.89. The van der Waals surface area contributed by atoms with E-state index in [9.17, 15) is 4.79 Å². The number of halogens is 1. The lowest BCUT2D eigenvalue weighted by Gasteiger charge is -2.11. The highest BCUT2D eigenvalue weighted by molar-refractivity contribution is 6.31. The molecule has 7 heteroatoms. The number of fused-ring (bicyclic) bond motifs is 1. The number of ether oxygens (including phenoxy) is 1. The predicted octanol–water partition coefficient (Wildman–Crippen LogP) is 5.22. The molecular weight excluding hydrogens is 436 g/mol. The molecule has 0 saturated carbocycles. The van der Waals surface area contributed by atoms with Crippen LogP contribution in [0, 0.1) is 6.92 Å². The molecule has 0 saturated heterocycles. The highest BCUT2D eigenvalue weighted by Crippen LogP contribution is 2.22. The summed E-state index contributed by atoms with van der Waals surface area (Å²) >= 11 is 6.09. The molecule has 0 spiro atoms. The molecule has 170 valence electrons. The van der Waals surface area contributed by atoms with E-state index in [1.807, 2.05) is 43.3 Å². The van der Waals surface area contributed by atoms with Crippen molar-refractivity contribution in [2.24, 2.45) is 0 Å². The van der Waals surface area contributed by atoms with Crippen LogP contribution in [0.15, 0.2) is 67.0 Å². The number of pyridine rings is 1. The van der Waals surface area contributed by atoms with Crippen LogP contribution in [0.4, 0.5) is 0 Å². The van der Waals surface area contributed by atoms with Crippen molar-refractivity contribution in [1.29, 1.82) is 0 Å². The van der Waals surface area contributed by atoms with Gasteiger partial charge in [0, 0.05) is 42.5 Å². The van der Waals surface area contributed by atoms with Crippen molar-refractivity contribution < 1.29 is 9.53 Å². The smallest absolute Gasteiger partial charge is 0.251 e. The summed E-state index contributed by atoms with van der Waals surface area (Å²) in [5, 5.41) is 3.71. The summed E-state index contributed by atoms with van der Waals surface area (Å²) < 4.78 is 8.18. The molecule has 2 aromatic heterocycles. The second-order valence-corrected chi connectivity index (χ2v) is 8.28. The first-order chi connectivity index (χ1) is 16.1. The van der Waals surface area contributed by atoms with Gasteiger partial charge >= 0.3 is 0 Å². The first-order valence-corrected chi connectivity index (χ1v) is 11.5. The molecule has 0 aliphatic heterocycles. The molecule has 0 aliphatic rings. The number of aromatic nitrogens is 3. The molecular formula is C26H27ClN4O2. The second-order valence-electron chi connectivity index (χ2n) is 7.88. The number of benzene rings is 2. The fourth-order valence-corrected chi connectivity index (χ4v) is 3.86. The molecule has 33 heavy (non-hydrogen) atoms. The molecule has 0 unspecified atom stereocenters. The number of rotatable bonds is 10. The van der Waals surface area contributed by atoms with E-state index in [2.05, 4.69) is 20.9 Å². The van der Waals surface area contributed by atoms with E-state index in [0.717, 1.165) is 59.0 Å². The number of nitrogens with one attached hydrogen (secondary N) is 1. The number of imidazole rings is 1. The van der Waals surface area contributed by atoms with Gasteiger partial charge in [0.2, 0.25) is 0 Å². The highest BCUT2D eigenvalue weighted by Gasteiger charge is 2.11. The van der Waals surface area contributed by atoms with Crippen LogP contribution >= 0.6 is 11.6 Å². The van der Waals surface area contributed by atoms with E-state index in [0.29, 0.717) is 18.7 Å². The summed E-state index contributed by atoms with van der Waals surface area (Å²) in [5.41, 5.74) is 3.74. The highest BCUT2D eigenvalue weighted by atomic mass is 35.5. The number of hydrogen-bond donors (Lipinski definition) is 1. The molecule has 2 heterocycles. The van der Waals surface area contributed by atoms with Gasteiger partial charge in [-0.25, -0.2) is 4.98 Å². The zero-order chi connectivity index (χ0) is 23.0. The van der Waals surface area contributed by atoms with Crippen LogP contribution in [0.1, 0.15) is 34.6 Å². The SMILES string of the molecule is Cc1cc(OCCCn2c(CCCNC(=O)c3ccncc3)nc3ccccc32)ccc1Cl. The van der Waals surface area contributed by atoms with Gasteiger partial charge in [-0.2, -0.15) is 0 Å². The van der Waals surface area contributed by atoms with Crippen molar-refractivity contribution in [1.82, 2.24) is 19.9 Å². The first kappa shape index (κ1) is 22.8. The largest absolute Gasteiger partial charge is 0.494 e. The van der Waals surface area contributed by atoms with Crippen molar-refractivity contribution in [3.8, 4) is 5.75 Å². The molecule has 0 atom stereocenters. The summed E-state index contributed by atoms with van der Waals surface area (Å²) in [6, 6.07) is 17.3. The average molecular weight is 463 g/mol. The van der Waals surface area contributed by atoms with Gasteiger partial charge in [0.15, 0.2) is 0 Å². The van der Waals surface area contributed by atoms with E-state index >= 15 is 0 Å². The molecule has 4 rings (SSSR count). The van der Waals surface area contributed by atoms with E-state index in [1.165, 1.54) is 0 Å². The summed E-state index contributed by atoms with van der Waals surface area (Å²) in [6.07, 6.45) is 5.68. The normalized spacial score (nSPS) is 11.0. The number of carbonyl (C=O) groups is 1. The van der Waals surface area contributed by atoms with E-state index in [-0.39, 0.29) is 5.91 Å². The third kappa shape index (κ3) is 5.90. The number of amides is 1. The Morgan fingerprint density at radius 3 is 2.73 bits per heavy atom. The minimum Gasteiger partial charge on any atom is -0.494 e. The molecule has 0 radical (unpaired) electrons. The predicted molar refractivity (Wildman–Crippen MR) is 131 cm³/mol. The average Bonchev–Trinajstić information content (AvgIpc) is 3.19. The Morgan fingerprint density at radius 1 is 1.09 bits per heavy atom. The van der Waals surface area contributed by atoms with Gasteiger partial charge < -0.3 is 14.6 Å². The maximum atomic E-state index is 12.2. The Bertz CT molecular complexity index is 1220. The first-order valence-electron chi connectivity index (χ1n) is 11.1. The van der Waals surface area contributed by atoms with Gasteiger partial charge in [-0.1, -0.05) is 23.7 Å². The van der Waals surface area contributed by atoms with E-state index in [1.54, 1.807) is 24.5 Å². The van der Waals surface area contributed by atoms with Crippen LogP contribution in [0.5, 0.6) is 5.75 Å². The Kier molecular flexibility index (Phi) is 7.58. The van der Waals surface area contributed by atoms with Gasteiger partial charge in [0.25, 0.3) is 5.91 Å². The van der Waals surface area contributed by atoms with Crippen molar-refractivity contribution >= 4 is 28.5 Å². The van der Waals surface area contributed by atoms with E-state index < -0.39 is 0 Å². The quantitative estimate of drug-likeness (QED) is 0.328. The Hall–Kier alpha value is -3.38. The van der Waals surface area contributed by atoms with Crippen LogP contribution in [0.25, 0.3) is 11.0 Å². The van der Waals surface area contributed by atoms with Gasteiger partial charge in [0.1, 0.15) is 11.6 Å². The van der Waals surface area contributed by atoms with Gasteiger partial charge in [-0.15, -0.1) is 0 Å². The minimum atomic E-state index is -0.0829. The van der Waals surface area contributed by atoms with E-state index in [4.69, 9.17) is 21.3 Å². The topological polar surface area (TPSA) is 69.0 Å². The number of para-hydroxylation sites is 2. The van der Waals surface area contributed by atoms with Crippen molar-refractivity contribution in [3.05, 3.63) is 89.0 Å². The van der Waals surface area contributed by atoms with Gasteiger partial charge in [0.05, 0.1) is 17.6 Å². The van der Waals surface area contributed by atoms with Crippen molar-refractivity contribution in [2.75, 3.05) is 13.2 Å². The molecule has 0 aliphatic carbocycles. The van der Waals surface area contributed by atoms with Crippen LogP contribution in [0.3, 0.4) is 0 Å². The van der Waals surface area contributed by atoms with Crippen molar-refractivity contribution in [3.63, 3.8) is 0 Å². The molecule has 0 fully saturated rings. The molecule has 1 N–H and O–H groups in total. The lowest BCUT2D eigenvalue weighted by molar-refractivity contribution is 0.0953. The minimum absolute atomic E-state index is 0.0829. The summed E-state index contributed by atoms with van der Waals surface area (Å²) in [5.74, 6) is 1.77. The maximum absolute atomic E-state index is 12.2. The molecule has 1 amide bonds. The standard InChI is InChI=1S/C26H27ClN4O2/c1-19-18-21(9-10-22(19)27)33-17-5-16-31-24-7-3-2-6-23(24)30-25(31)8-4-13-29-26(32)20-11-14-28-15-12-20/h2-3,6-7,9-12,14-15,18H,4-5,8,13,16-17H2,1H3,(H,29,32). The zero-order valence-corrected chi connectivity index (χ0v) is 19.4. The van der Waals surface area contributed by atoms with Gasteiger partial charge in [-0.05, 0) is 67.8 Å². The van der Waals surface area contributed by atoms with Crippen LogP contribution in [-0.4, -0.2) is 33.6 Å². The second kappa shape index (κ2) is 11.0. The fourth-order valence-electron chi connectivity index (χ4n) is 3.74. The molecule has 2 aromatic carbocycles. The van der Waals surface area contributed by atoms with Crippen LogP contribution in [0.2, 0.25) is 5.02 Å². The summed E-state index contributed by atoms with van der Waals surface area (Å²) in [4.78, 5) is 21.0. The number of nitrogens with zero attached hydrogens (tertiary/aromatic N) is 3. The lowest BCUT2D eigenvalue weighted by Crippen LogP contribution is -2.25. The molecule has 0 bridgehead atoms. The Morgan fingerprint density at radius 2 is 1.91 bits per heavy atom. The van der Waals surface area contributed by atoms with Crippen molar-refractivity contribution in [2.45, 2.75) is 32.7 Å². The third-order valence-electron chi connectivity index (χ3n) is 5.46. The monoisotopic (exact) mass is 462 g/mol. The lowest BCUT2D eigenvalue weighted by atomic mass is 10.2. The Labute approximate surface area is 198 Å². The Balaban J connectivity index is 1.33. The molecule has 6 nitrogen and oxygen atoms in total. The van der Waals surface area contributed by atoms with Gasteiger partial charge in [-0.3, -0.25) is 9.78 Å². The number of aryl methyl sites for hydroxylation is 3. The fraction of sp³-hybridized carbons (Fsp3) is 0.269. The summed E-state index contributed by atoms with van der Waals surface area (Å²) in [7, 11) is 0. The number of hydrogen-bond acceptors (Lipinski definition) is 4. The van der Waals surface area contributed by atoms with Crippen LogP contribution in [-0.2, 0) is 13.0 Å². The number of carbonyl (C=O) groups excluding carboxylic acids is 1. The maximum Gasteiger partial charge on any atom is 0.251 e. The molecule has 4 aromatic rings.